The molecule has 2 atom stereocenters. The van der Waals surface area contributed by atoms with E-state index < -0.39 is 36.2 Å². The van der Waals surface area contributed by atoms with E-state index in [1.54, 1.807) is 0 Å². The number of alkyl halides is 3. The summed E-state index contributed by atoms with van der Waals surface area (Å²) in [5.41, 5.74) is -0.912. The molecule has 0 spiro atoms. The van der Waals surface area contributed by atoms with Gasteiger partial charge >= 0.3 is 11.9 Å². The van der Waals surface area contributed by atoms with Crippen molar-refractivity contribution in [2.45, 2.75) is 25.2 Å². The van der Waals surface area contributed by atoms with Crippen LogP contribution >= 0.6 is 0 Å². The number of anilines is 2. The minimum atomic E-state index is -4.62. The molecular weight excluding hydrogens is 465 g/mol. The molecular formula is C23H17F3N6O3. The van der Waals surface area contributed by atoms with Crippen molar-refractivity contribution >= 4 is 11.6 Å². The van der Waals surface area contributed by atoms with Crippen LogP contribution in [0.2, 0.25) is 0 Å². The summed E-state index contributed by atoms with van der Waals surface area (Å²) in [4.78, 5) is 14.1. The Labute approximate surface area is 196 Å². The second kappa shape index (κ2) is 8.76. The minimum Gasteiger partial charge on any atom is -0.393 e. The molecule has 1 aliphatic heterocycles. The van der Waals surface area contributed by atoms with Crippen molar-refractivity contribution < 1.29 is 23.4 Å². The molecule has 12 heteroatoms. The van der Waals surface area contributed by atoms with E-state index in [0.29, 0.717) is 0 Å². The second-order valence-corrected chi connectivity index (χ2v) is 7.75. The number of nitrogens with one attached hydrogen (secondary N) is 1. The fraction of sp³-hybridized carbons (Fsp3) is 0.217. The van der Waals surface area contributed by atoms with Crippen molar-refractivity contribution in [2.75, 3.05) is 11.5 Å². The molecule has 35 heavy (non-hydrogen) atoms. The summed E-state index contributed by atoms with van der Waals surface area (Å²) in [6.07, 6.45) is -6.04. The number of aromatic amines is 1. The normalized spacial score (nSPS) is 16.5. The maximum absolute atomic E-state index is 13.3. The molecule has 2 aromatic carbocycles. The van der Waals surface area contributed by atoms with Gasteiger partial charge in [-0.15, -0.1) is 5.10 Å². The first kappa shape index (κ1) is 23.8. The van der Waals surface area contributed by atoms with E-state index in [1.807, 2.05) is 12.1 Å². The topological polar surface area (TPSA) is 142 Å². The molecule has 1 aliphatic rings. The first-order valence-electron chi connectivity index (χ1n) is 10.2. The Kier molecular flexibility index (Phi) is 5.94. The van der Waals surface area contributed by atoms with E-state index in [4.69, 9.17) is 0 Å². The first-order valence-corrected chi connectivity index (χ1v) is 10.2. The average molecular weight is 482 g/mol. The smallest absolute Gasteiger partial charge is 0.393 e. The number of aliphatic hydroxyl groups is 2. The number of H-pyrrole nitrogens is 1. The largest absolute Gasteiger partial charge is 0.416 e. The van der Waals surface area contributed by atoms with Gasteiger partial charge in [0, 0.05) is 11.4 Å². The molecule has 0 unspecified atom stereocenters. The molecule has 0 radical (unpaired) electrons. The Morgan fingerprint density at radius 3 is 2.57 bits per heavy atom. The lowest BCUT2D eigenvalue weighted by Crippen LogP contribution is -2.35. The standard InChI is InChI=1S/C23H17F3N6O3/c1-12-18(10-28)20(16-6-5-13(9-27)7-17(16)19(34)11-33)32-21(29-30-22(32)35)31(12)15-4-2-3-14(8-15)23(24,25)26/h2-8,19-20,33-34H,11H2,1H3,(H,30,35)/t19-,20-/m1/s1. The molecule has 0 aliphatic carbocycles. The van der Waals surface area contributed by atoms with Crippen LogP contribution in [0.15, 0.2) is 58.5 Å². The van der Waals surface area contributed by atoms with Crippen molar-refractivity contribution in [3.63, 3.8) is 0 Å². The maximum Gasteiger partial charge on any atom is 0.416 e. The SMILES string of the molecule is CC1=C(C#N)[C@@H](c2ccc(C#N)cc2[C@H](O)CO)n2c(n[nH]c2=O)N1c1cccc(C(F)(F)F)c1. The van der Waals surface area contributed by atoms with Crippen LogP contribution < -0.4 is 10.6 Å². The fourth-order valence-electron chi connectivity index (χ4n) is 4.13. The predicted octanol–water partition coefficient (Wildman–Crippen LogP) is 3.03. The Morgan fingerprint density at radius 1 is 1.20 bits per heavy atom. The third-order valence-corrected chi connectivity index (χ3v) is 5.74. The van der Waals surface area contributed by atoms with Gasteiger partial charge in [-0.1, -0.05) is 12.1 Å². The zero-order valence-corrected chi connectivity index (χ0v) is 18.1. The summed E-state index contributed by atoms with van der Waals surface area (Å²) in [7, 11) is 0. The van der Waals surface area contributed by atoms with Crippen LogP contribution in [0.5, 0.6) is 0 Å². The Bertz CT molecular complexity index is 1480. The molecule has 0 bridgehead atoms. The number of fused-ring (bicyclic) bond motifs is 1. The molecule has 0 saturated heterocycles. The highest BCUT2D eigenvalue weighted by Crippen LogP contribution is 2.43. The van der Waals surface area contributed by atoms with Gasteiger partial charge < -0.3 is 10.2 Å². The van der Waals surface area contributed by atoms with Crippen LogP contribution in [0.4, 0.5) is 24.8 Å². The highest BCUT2D eigenvalue weighted by atomic mass is 19.4. The predicted molar refractivity (Wildman–Crippen MR) is 116 cm³/mol. The monoisotopic (exact) mass is 482 g/mol. The van der Waals surface area contributed by atoms with Gasteiger partial charge in [0.15, 0.2) is 0 Å². The highest BCUT2D eigenvalue weighted by molar-refractivity contribution is 5.69. The van der Waals surface area contributed by atoms with Crippen LogP contribution in [0.1, 0.15) is 41.3 Å². The van der Waals surface area contributed by atoms with Gasteiger partial charge in [0.2, 0.25) is 5.95 Å². The van der Waals surface area contributed by atoms with Crippen molar-refractivity contribution in [2.24, 2.45) is 0 Å². The summed E-state index contributed by atoms with van der Waals surface area (Å²) in [5.74, 6) is -0.0791. The summed E-state index contributed by atoms with van der Waals surface area (Å²) in [6.45, 7) is 0.808. The third-order valence-electron chi connectivity index (χ3n) is 5.74. The average Bonchev–Trinajstić information content (AvgIpc) is 3.22. The van der Waals surface area contributed by atoms with Crippen LogP contribution in [0, 0.1) is 22.7 Å². The number of aliphatic hydroxyl groups excluding tert-OH is 2. The molecule has 3 aromatic rings. The fourth-order valence-corrected chi connectivity index (χ4v) is 4.13. The molecule has 9 nitrogen and oxygen atoms in total. The van der Waals surface area contributed by atoms with Crippen molar-refractivity contribution in [1.29, 1.82) is 10.5 Å². The van der Waals surface area contributed by atoms with Gasteiger partial charge in [0.1, 0.15) is 12.1 Å². The van der Waals surface area contributed by atoms with Gasteiger partial charge in [0.05, 0.1) is 35.4 Å². The van der Waals surface area contributed by atoms with Crippen molar-refractivity contribution in [1.82, 2.24) is 14.8 Å². The van der Waals surface area contributed by atoms with Crippen molar-refractivity contribution in [3.8, 4) is 12.1 Å². The quantitative estimate of drug-likeness (QED) is 0.519. The van der Waals surface area contributed by atoms with Crippen molar-refractivity contribution in [3.05, 3.63) is 86.5 Å². The number of halogens is 3. The summed E-state index contributed by atoms with van der Waals surface area (Å²) in [5, 5.41) is 45.5. The molecule has 2 heterocycles. The van der Waals surface area contributed by atoms with E-state index in [1.165, 1.54) is 42.2 Å². The number of nitrogens with zero attached hydrogens (tertiary/aromatic N) is 5. The Balaban J connectivity index is 2.00. The summed E-state index contributed by atoms with van der Waals surface area (Å²) >= 11 is 0. The zero-order chi connectivity index (χ0) is 25.5. The van der Waals surface area contributed by atoms with Gasteiger partial charge in [-0.3, -0.25) is 4.90 Å². The minimum absolute atomic E-state index is 0.00508. The van der Waals surface area contributed by atoms with Crippen LogP contribution in [-0.4, -0.2) is 31.6 Å². The highest BCUT2D eigenvalue weighted by Gasteiger charge is 2.38. The molecule has 1 aromatic heterocycles. The van der Waals surface area contributed by atoms with Gasteiger partial charge in [-0.25, -0.2) is 14.5 Å². The number of nitriles is 2. The van der Waals surface area contributed by atoms with E-state index in [9.17, 15) is 38.7 Å². The van der Waals surface area contributed by atoms with E-state index in [-0.39, 0.29) is 39.6 Å². The van der Waals surface area contributed by atoms with Gasteiger partial charge in [-0.2, -0.15) is 23.7 Å². The molecule has 178 valence electrons. The lowest BCUT2D eigenvalue weighted by molar-refractivity contribution is -0.137. The van der Waals surface area contributed by atoms with Crippen LogP contribution in [-0.2, 0) is 6.18 Å². The lowest BCUT2D eigenvalue weighted by Gasteiger charge is -2.35. The molecule has 0 amide bonds. The third kappa shape index (κ3) is 3.95. The lowest BCUT2D eigenvalue weighted by atomic mass is 9.89. The van der Waals surface area contributed by atoms with Gasteiger partial charge in [-0.05, 0) is 48.4 Å². The summed E-state index contributed by atoms with van der Waals surface area (Å²) < 4.78 is 41.1. The zero-order valence-electron chi connectivity index (χ0n) is 18.1. The molecule has 3 N–H and O–H groups in total. The number of rotatable bonds is 4. The number of aromatic nitrogens is 3. The van der Waals surface area contributed by atoms with E-state index in [2.05, 4.69) is 10.2 Å². The number of hydrogen-bond donors (Lipinski definition) is 3. The molecule has 4 rings (SSSR count). The first-order chi connectivity index (χ1) is 16.6. The number of hydrogen-bond acceptors (Lipinski definition) is 7. The van der Waals surface area contributed by atoms with Gasteiger partial charge in [0.25, 0.3) is 0 Å². The van der Waals surface area contributed by atoms with E-state index >= 15 is 0 Å². The number of allylic oxidation sites excluding steroid dienone is 2. The Hall–Kier alpha value is -4.39. The number of benzene rings is 2. The molecule has 0 fully saturated rings. The van der Waals surface area contributed by atoms with Crippen LogP contribution in [0.3, 0.4) is 0 Å². The van der Waals surface area contributed by atoms with E-state index in [0.717, 1.165) is 16.7 Å². The second-order valence-electron chi connectivity index (χ2n) is 7.75. The summed E-state index contributed by atoms with van der Waals surface area (Å²) in [6, 6.07) is 11.4. The van der Waals surface area contributed by atoms with Crippen LogP contribution in [0.25, 0.3) is 0 Å². The maximum atomic E-state index is 13.3. The molecule has 0 saturated carbocycles. The Morgan fingerprint density at radius 2 is 1.94 bits per heavy atom.